The van der Waals surface area contributed by atoms with E-state index in [0.717, 1.165) is 42.8 Å². The van der Waals surface area contributed by atoms with E-state index in [4.69, 9.17) is 5.41 Å². The maximum atomic E-state index is 8.50. The Balaban J connectivity index is 2.40. The van der Waals surface area contributed by atoms with Gasteiger partial charge in [-0.2, -0.15) is 0 Å². The Kier molecular flexibility index (Phi) is 4.33. The average Bonchev–Trinajstić information content (AvgIpc) is 2.70. The number of hydrogen-bond donors (Lipinski definition) is 1. The second kappa shape index (κ2) is 5.65. The molecule has 2 rings (SSSR count). The highest BCUT2D eigenvalue weighted by molar-refractivity contribution is 14.1. The van der Waals surface area contributed by atoms with Crippen molar-refractivity contribution in [2.24, 2.45) is 0 Å². The summed E-state index contributed by atoms with van der Waals surface area (Å²) in [5.41, 5.74) is 3.90. The molecule has 2 bridgehead atoms. The second-order valence-electron chi connectivity index (χ2n) is 5.30. The summed E-state index contributed by atoms with van der Waals surface area (Å²) in [5, 5.41) is 8.50. The van der Waals surface area contributed by atoms with Gasteiger partial charge in [-0.1, -0.05) is 59.9 Å². The van der Waals surface area contributed by atoms with Gasteiger partial charge in [0.1, 0.15) is 0 Å². The molecule has 2 saturated heterocycles. The summed E-state index contributed by atoms with van der Waals surface area (Å²) in [4.78, 5) is 2.34. The Morgan fingerprint density at radius 3 is 2.95 bits per heavy atom. The molecule has 0 aliphatic carbocycles. The minimum absolute atomic E-state index is 0.0968. The van der Waals surface area contributed by atoms with Gasteiger partial charge < -0.3 is 4.90 Å². The first-order chi connectivity index (χ1) is 8.98. The van der Waals surface area contributed by atoms with Crippen molar-refractivity contribution >= 4 is 28.3 Å². The lowest BCUT2D eigenvalue weighted by atomic mass is 9.88. The Morgan fingerprint density at radius 1 is 1.58 bits per heavy atom. The first kappa shape index (κ1) is 14.6. The second-order valence-corrected chi connectivity index (χ2v) is 7.37. The predicted molar refractivity (Wildman–Crippen MR) is 91.1 cm³/mol. The van der Waals surface area contributed by atoms with Crippen LogP contribution in [0.3, 0.4) is 0 Å². The highest BCUT2D eigenvalue weighted by Gasteiger charge is 2.46. The summed E-state index contributed by atoms with van der Waals surface area (Å²) in [6.45, 7) is 10.2. The van der Waals surface area contributed by atoms with E-state index in [2.05, 4.69) is 65.3 Å². The van der Waals surface area contributed by atoms with Crippen LogP contribution in [-0.4, -0.2) is 27.1 Å². The molecule has 1 atom stereocenters. The number of rotatable bonds is 3. The molecule has 19 heavy (non-hydrogen) atoms. The first-order valence-corrected chi connectivity index (χ1v) is 7.83. The van der Waals surface area contributed by atoms with Crippen molar-refractivity contribution in [2.45, 2.75) is 30.1 Å². The van der Waals surface area contributed by atoms with Crippen LogP contribution in [0.5, 0.6) is 0 Å². The van der Waals surface area contributed by atoms with Gasteiger partial charge in [0, 0.05) is 13.1 Å². The van der Waals surface area contributed by atoms with Crippen LogP contribution >= 0.6 is 22.6 Å². The van der Waals surface area contributed by atoms with Crippen LogP contribution in [0.15, 0.2) is 47.7 Å². The van der Waals surface area contributed by atoms with Crippen LogP contribution in [-0.2, 0) is 0 Å². The fraction of sp³-hybridized carbons (Fsp3) is 0.438. The number of hydrogen-bond acceptors (Lipinski definition) is 2. The molecule has 2 heterocycles. The fourth-order valence-electron chi connectivity index (χ4n) is 2.65. The average molecular weight is 368 g/mol. The van der Waals surface area contributed by atoms with Crippen molar-refractivity contribution < 1.29 is 0 Å². The number of halogens is 1. The number of nitrogens with zero attached hydrogens (tertiary/aromatic N) is 1. The van der Waals surface area contributed by atoms with Crippen molar-refractivity contribution in [3.63, 3.8) is 0 Å². The molecule has 2 fully saturated rings. The van der Waals surface area contributed by atoms with E-state index in [9.17, 15) is 0 Å². The van der Waals surface area contributed by atoms with Gasteiger partial charge in [0.15, 0.2) is 0 Å². The van der Waals surface area contributed by atoms with Gasteiger partial charge >= 0.3 is 0 Å². The molecule has 102 valence electrons. The van der Waals surface area contributed by atoms with Crippen molar-refractivity contribution in [1.82, 2.24) is 4.90 Å². The van der Waals surface area contributed by atoms with E-state index < -0.39 is 0 Å². The van der Waals surface area contributed by atoms with Crippen LogP contribution in [0.1, 0.15) is 26.7 Å². The lowest BCUT2D eigenvalue weighted by Gasteiger charge is -2.35. The summed E-state index contributed by atoms with van der Waals surface area (Å²) in [5.74, 6) is 0. The number of nitrogens with one attached hydrogen (secondary N) is 1. The molecule has 3 heteroatoms. The molecule has 0 aromatic rings. The van der Waals surface area contributed by atoms with Crippen molar-refractivity contribution in [3.05, 3.63) is 47.7 Å². The highest BCUT2D eigenvalue weighted by atomic mass is 127. The fourth-order valence-corrected chi connectivity index (χ4v) is 3.73. The molecule has 0 radical (unpaired) electrons. The molecule has 0 unspecified atom stereocenters. The monoisotopic (exact) mass is 368 g/mol. The molecule has 0 saturated carbocycles. The maximum absolute atomic E-state index is 8.50. The number of allylic oxidation sites excluding steroid dienone is 6. The van der Waals surface area contributed by atoms with Crippen LogP contribution < -0.4 is 0 Å². The lowest BCUT2D eigenvalue weighted by molar-refractivity contribution is 0.434. The largest absolute Gasteiger partial charge is 0.368 e. The quantitative estimate of drug-likeness (QED) is 0.585. The topological polar surface area (TPSA) is 27.1 Å². The zero-order valence-electron chi connectivity index (χ0n) is 11.7. The zero-order chi connectivity index (χ0) is 14.0. The summed E-state index contributed by atoms with van der Waals surface area (Å²) < 4.78 is 0.0968. The van der Waals surface area contributed by atoms with Crippen molar-refractivity contribution in [1.29, 1.82) is 5.41 Å². The van der Waals surface area contributed by atoms with Crippen LogP contribution in [0, 0.1) is 5.41 Å². The van der Waals surface area contributed by atoms with Gasteiger partial charge in [-0.25, -0.2) is 0 Å². The van der Waals surface area contributed by atoms with Crippen LogP contribution in [0.2, 0.25) is 0 Å². The minimum atomic E-state index is 0.0968. The van der Waals surface area contributed by atoms with Crippen molar-refractivity contribution in [3.8, 4) is 0 Å². The van der Waals surface area contributed by atoms with Crippen molar-refractivity contribution in [2.75, 3.05) is 13.1 Å². The van der Waals surface area contributed by atoms with Gasteiger partial charge in [-0.05, 0) is 31.4 Å². The molecule has 2 nitrogen and oxygen atoms in total. The number of fused-ring (bicyclic) bond motifs is 2. The third kappa shape index (κ3) is 2.86. The van der Waals surface area contributed by atoms with Crippen LogP contribution in [0.4, 0.5) is 0 Å². The molecule has 0 aromatic heterocycles. The first-order valence-electron chi connectivity index (χ1n) is 6.75. The number of piperidine rings is 1. The molecule has 0 spiro atoms. The zero-order valence-corrected chi connectivity index (χ0v) is 13.8. The van der Waals surface area contributed by atoms with Gasteiger partial charge in [0.05, 0.1) is 14.8 Å². The summed E-state index contributed by atoms with van der Waals surface area (Å²) in [6, 6.07) is 0. The van der Waals surface area contributed by atoms with Gasteiger partial charge in [0.2, 0.25) is 0 Å². The van der Waals surface area contributed by atoms with Gasteiger partial charge in [-0.3, -0.25) is 5.41 Å². The van der Waals surface area contributed by atoms with E-state index in [-0.39, 0.29) is 3.42 Å². The van der Waals surface area contributed by atoms with Gasteiger partial charge in [0.25, 0.3) is 0 Å². The van der Waals surface area contributed by atoms with E-state index in [1.54, 1.807) is 0 Å². The molecule has 2 aliphatic heterocycles. The molecule has 2 aliphatic rings. The molecular formula is C16H21IN2. The smallest absolute Gasteiger partial charge is 0.0819 e. The van der Waals surface area contributed by atoms with E-state index in [1.807, 2.05) is 6.92 Å². The summed E-state index contributed by atoms with van der Waals surface area (Å²) >= 11 is 2.52. The van der Waals surface area contributed by atoms with E-state index in [1.165, 1.54) is 0 Å². The minimum Gasteiger partial charge on any atom is -0.368 e. The molecular weight excluding hydrogens is 347 g/mol. The molecule has 0 amide bonds. The number of alkyl halides is 1. The Labute approximate surface area is 129 Å². The SMILES string of the molecule is C=C(C)/C=C1\C(=N)/C(=C\C=C\CC)N2CC[C@@]1(I)C2. The molecule has 1 N–H and O–H groups in total. The predicted octanol–water partition coefficient (Wildman–Crippen LogP) is 4.25. The highest BCUT2D eigenvalue weighted by Crippen LogP contribution is 2.45. The normalized spacial score (nSPS) is 30.9. The maximum Gasteiger partial charge on any atom is 0.0819 e. The molecule has 0 aromatic carbocycles. The Bertz CT molecular complexity index is 499. The Morgan fingerprint density at radius 2 is 2.32 bits per heavy atom. The van der Waals surface area contributed by atoms with Gasteiger partial charge in [-0.15, -0.1) is 0 Å². The van der Waals surface area contributed by atoms with E-state index in [0.29, 0.717) is 5.71 Å². The van der Waals surface area contributed by atoms with E-state index >= 15 is 0 Å². The third-order valence-corrected chi connectivity index (χ3v) is 5.05. The summed E-state index contributed by atoms with van der Waals surface area (Å²) in [6.07, 6.45) is 10.5. The Hall–Kier alpha value is -0.840. The third-order valence-electron chi connectivity index (χ3n) is 3.58. The summed E-state index contributed by atoms with van der Waals surface area (Å²) in [7, 11) is 0. The lowest BCUT2D eigenvalue weighted by Crippen LogP contribution is -2.40. The standard InChI is InChI=1S/C16H21IN2/c1-4-5-6-7-14-15(18)13(10-12(2)3)16(17)8-9-19(14)11-16/h5-7,10,18H,2,4,8-9,11H2,1,3H3/b6-5+,13-10+,14-7+,18-15?/t16-/m1/s1. The van der Waals surface area contributed by atoms with Crippen LogP contribution in [0.25, 0.3) is 0 Å².